The summed E-state index contributed by atoms with van der Waals surface area (Å²) in [5, 5.41) is 11.8. The zero-order chi connectivity index (χ0) is 10.2. The number of quaternary nitrogens is 1. The molecule has 2 heterocycles. The summed E-state index contributed by atoms with van der Waals surface area (Å²) in [5.74, 6) is 0.278. The van der Waals surface area contributed by atoms with Gasteiger partial charge in [-0.05, 0) is 0 Å². The van der Waals surface area contributed by atoms with Gasteiger partial charge in [0.15, 0.2) is 6.10 Å². The minimum absolute atomic E-state index is 0.165. The molecule has 1 N–H and O–H groups in total. The van der Waals surface area contributed by atoms with Crippen molar-refractivity contribution < 1.29 is 14.2 Å². The molecule has 80 valence electrons. The van der Waals surface area contributed by atoms with Gasteiger partial charge in [0.2, 0.25) is 0 Å². The van der Waals surface area contributed by atoms with Crippen LogP contribution in [0.3, 0.4) is 0 Å². The molecule has 0 aliphatic carbocycles. The highest BCUT2D eigenvalue weighted by Gasteiger charge is 2.48. The standard InChI is InChI=1S/C8H14N2O3S/c1-14-9-8(11)13-7-5-10(12)3-2-6(7)4-10/h6-7H,2-5H2,1H3,(H,9,11). The highest BCUT2D eigenvalue weighted by atomic mass is 32.2. The summed E-state index contributed by atoms with van der Waals surface area (Å²) in [6.07, 6.45) is 2.05. The lowest BCUT2D eigenvalue weighted by Crippen LogP contribution is -2.42. The monoisotopic (exact) mass is 218 g/mol. The van der Waals surface area contributed by atoms with Gasteiger partial charge < -0.3 is 14.6 Å². The normalized spacial score (nSPS) is 39.9. The van der Waals surface area contributed by atoms with Crippen molar-refractivity contribution in [3.05, 3.63) is 5.21 Å². The predicted molar refractivity (Wildman–Crippen MR) is 53.3 cm³/mol. The van der Waals surface area contributed by atoms with E-state index in [1.165, 1.54) is 11.9 Å². The summed E-state index contributed by atoms with van der Waals surface area (Å²) in [5.41, 5.74) is 0. The average Bonchev–Trinajstić information content (AvgIpc) is 2.59. The molecular weight excluding hydrogens is 204 g/mol. The first kappa shape index (κ1) is 10.1. The number of amides is 1. The second kappa shape index (κ2) is 3.60. The molecule has 2 aliphatic rings. The molecule has 2 saturated heterocycles. The molecule has 5 nitrogen and oxygen atoms in total. The molecule has 3 atom stereocenters. The first-order valence-electron chi connectivity index (χ1n) is 4.70. The Morgan fingerprint density at radius 1 is 1.64 bits per heavy atom. The number of piperidine rings is 1. The molecule has 2 aliphatic heterocycles. The molecule has 1 amide bonds. The first-order valence-corrected chi connectivity index (χ1v) is 5.92. The fourth-order valence-corrected chi connectivity index (χ4v) is 2.55. The summed E-state index contributed by atoms with van der Waals surface area (Å²) in [6, 6.07) is 0. The van der Waals surface area contributed by atoms with E-state index >= 15 is 0 Å². The van der Waals surface area contributed by atoms with Crippen LogP contribution in [0.5, 0.6) is 0 Å². The number of hydroxylamine groups is 3. The molecule has 14 heavy (non-hydrogen) atoms. The van der Waals surface area contributed by atoms with Crippen LogP contribution in [0.15, 0.2) is 0 Å². The van der Waals surface area contributed by atoms with Crippen LogP contribution in [0, 0.1) is 11.1 Å². The number of hydrogen-bond acceptors (Lipinski definition) is 4. The van der Waals surface area contributed by atoms with E-state index in [-0.39, 0.29) is 16.7 Å². The SMILES string of the molecule is CSNC(=O)OC1C[N+]2([O-])CCC1C2. The maximum atomic E-state index is 11.8. The maximum absolute atomic E-state index is 11.8. The van der Waals surface area contributed by atoms with Gasteiger partial charge in [0.25, 0.3) is 0 Å². The van der Waals surface area contributed by atoms with Crippen molar-refractivity contribution >= 4 is 18.0 Å². The molecule has 0 aromatic rings. The third-order valence-electron chi connectivity index (χ3n) is 2.96. The van der Waals surface area contributed by atoms with E-state index in [1.54, 1.807) is 6.26 Å². The zero-order valence-electron chi connectivity index (χ0n) is 8.06. The van der Waals surface area contributed by atoms with E-state index in [4.69, 9.17) is 4.74 Å². The summed E-state index contributed by atoms with van der Waals surface area (Å²) < 4.78 is 7.49. The van der Waals surface area contributed by atoms with Crippen molar-refractivity contribution in [3.63, 3.8) is 0 Å². The lowest BCUT2D eigenvalue weighted by molar-refractivity contribution is -0.861. The van der Waals surface area contributed by atoms with Crippen LogP contribution < -0.4 is 4.72 Å². The van der Waals surface area contributed by atoms with Gasteiger partial charge in [-0.25, -0.2) is 4.79 Å². The Balaban J connectivity index is 1.86. The van der Waals surface area contributed by atoms with Gasteiger partial charge in [0.1, 0.15) is 6.54 Å². The lowest BCUT2D eigenvalue weighted by Gasteiger charge is -2.36. The van der Waals surface area contributed by atoms with Crippen LogP contribution >= 0.6 is 11.9 Å². The van der Waals surface area contributed by atoms with Crippen molar-refractivity contribution in [2.45, 2.75) is 12.5 Å². The fraction of sp³-hybridized carbons (Fsp3) is 0.875. The zero-order valence-corrected chi connectivity index (χ0v) is 8.88. The Bertz CT molecular complexity index is 251. The summed E-state index contributed by atoms with van der Waals surface area (Å²) in [6.45, 7) is 1.75. The topological polar surface area (TPSA) is 61.4 Å². The van der Waals surface area contributed by atoms with Gasteiger partial charge >= 0.3 is 6.09 Å². The van der Waals surface area contributed by atoms with E-state index in [0.717, 1.165) is 6.42 Å². The molecule has 0 spiro atoms. The van der Waals surface area contributed by atoms with Crippen LogP contribution in [-0.2, 0) is 4.74 Å². The number of carbonyl (C=O) groups is 1. The molecule has 2 rings (SSSR count). The van der Waals surface area contributed by atoms with E-state index in [0.29, 0.717) is 19.6 Å². The average molecular weight is 218 g/mol. The molecule has 0 aromatic carbocycles. The van der Waals surface area contributed by atoms with Gasteiger partial charge in [-0.3, -0.25) is 4.72 Å². The minimum atomic E-state index is -0.428. The largest absolute Gasteiger partial charge is 0.633 e. The predicted octanol–water partition coefficient (Wildman–Crippen LogP) is 0.707. The number of ether oxygens (including phenoxy) is 1. The van der Waals surface area contributed by atoms with Gasteiger partial charge in [-0.15, -0.1) is 0 Å². The third-order valence-corrected chi connectivity index (χ3v) is 3.33. The Labute approximate surface area is 87.1 Å². The van der Waals surface area contributed by atoms with E-state index in [9.17, 15) is 10.0 Å². The Hall–Kier alpha value is -0.460. The minimum Gasteiger partial charge on any atom is -0.633 e. The first-order chi connectivity index (χ1) is 6.63. The van der Waals surface area contributed by atoms with Crippen LogP contribution in [0.1, 0.15) is 6.42 Å². The van der Waals surface area contributed by atoms with Gasteiger partial charge in [0, 0.05) is 12.7 Å². The number of carbonyl (C=O) groups excluding carboxylic acids is 1. The van der Waals surface area contributed by atoms with Gasteiger partial charge in [-0.2, -0.15) is 0 Å². The highest BCUT2D eigenvalue weighted by molar-refractivity contribution is 7.97. The van der Waals surface area contributed by atoms with Crippen LogP contribution in [0.2, 0.25) is 0 Å². The van der Waals surface area contributed by atoms with Crippen LogP contribution in [0.4, 0.5) is 4.79 Å². The van der Waals surface area contributed by atoms with Crippen molar-refractivity contribution in [1.82, 2.24) is 4.72 Å². The van der Waals surface area contributed by atoms with Crippen molar-refractivity contribution in [3.8, 4) is 0 Å². The Morgan fingerprint density at radius 2 is 2.43 bits per heavy atom. The number of rotatable bonds is 2. The number of fused-ring (bicyclic) bond motifs is 2. The molecule has 3 unspecified atom stereocenters. The molecule has 0 radical (unpaired) electrons. The van der Waals surface area contributed by atoms with Gasteiger partial charge in [0.05, 0.1) is 19.0 Å². The van der Waals surface area contributed by atoms with Crippen molar-refractivity contribution in [1.29, 1.82) is 0 Å². The molecule has 2 bridgehead atoms. The maximum Gasteiger partial charge on any atom is 0.417 e. The van der Waals surface area contributed by atoms with Crippen molar-refractivity contribution in [2.24, 2.45) is 5.92 Å². The second-order valence-corrected chi connectivity index (χ2v) is 4.56. The third kappa shape index (κ3) is 1.82. The molecule has 0 saturated carbocycles. The molecule has 6 heteroatoms. The smallest absolute Gasteiger partial charge is 0.417 e. The summed E-state index contributed by atoms with van der Waals surface area (Å²) >= 11 is 1.20. The van der Waals surface area contributed by atoms with Crippen molar-refractivity contribution in [2.75, 3.05) is 25.9 Å². The lowest BCUT2D eigenvalue weighted by atomic mass is 10.0. The number of nitrogens with zero attached hydrogens (tertiary/aromatic N) is 1. The Morgan fingerprint density at radius 3 is 2.93 bits per heavy atom. The highest BCUT2D eigenvalue weighted by Crippen LogP contribution is 2.36. The Kier molecular flexibility index (Phi) is 2.59. The van der Waals surface area contributed by atoms with Crippen LogP contribution in [-0.4, -0.2) is 42.7 Å². The van der Waals surface area contributed by atoms with E-state index in [2.05, 4.69) is 4.72 Å². The second-order valence-electron chi connectivity index (χ2n) is 3.95. The summed E-state index contributed by atoms with van der Waals surface area (Å²) in [7, 11) is 0. The van der Waals surface area contributed by atoms with Gasteiger partial charge in [-0.1, -0.05) is 11.9 Å². The fourth-order valence-electron chi connectivity index (χ4n) is 2.34. The summed E-state index contributed by atoms with van der Waals surface area (Å²) in [4.78, 5) is 11.1. The quantitative estimate of drug-likeness (QED) is 0.421. The molecule has 0 aromatic heterocycles. The molecular formula is C8H14N2O3S. The number of hydrogen-bond donors (Lipinski definition) is 1. The van der Waals surface area contributed by atoms with E-state index in [1.807, 2.05) is 0 Å². The van der Waals surface area contributed by atoms with E-state index < -0.39 is 6.09 Å². The molecule has 2 fully saturated rings. The number of nitrogens with one attached hydrogen (secondary N) is 1. The van der Waals surface area contributed by atoms with Crippen LogP contribution in [0.25, 0.3) is 0 Å².